The molecular formula is C8H13BO4. The standard InChI is InChI=1S/C8H13BO4/c1-2-3-8(12)6(11)5(4-10)13-7(8)9/h3,5-7,10-12H,1,4,9H2/t5-,6?,7-,8?/m1/s1. The molecule has 1 rings (SSSR count). The maximum Gasteiger partial charge on any atom is 0.143 e. The monoisotopic (exact) mass is 184 g/mol. The van der Waals surface area contributed by atoms with Crippen LogP contribution in [0.25, 0.3) is 0 Å². The van der Waals surface area contributed by atoms with Crippen molar-refractivity contribution in [2.45, 2.75) is 23.8 Å². The maximum atomic E-state index is 9.89. The lowest BCUT2D eigenvalue weighted by Crippen LogP contribution is -2.47. The summed E-state index contributed by atoms with van der Waals surface area (Å²) in [5.41, 5.74) is 0.918. The van der Waals surface area contributed by atoms with Gasteiger partial charge >= 0.3 is 0 Å². The molecule has 1 heterocycles. The van der Waals surface area contributed by atoms with Gasteiger partial charge in [0.2, 0.25) is 0 Å². The van der Waals surface area contributed by atoms with Crippen LogP contribution >= 0.6 is 0 Å². The highest BCUT2D eigenvalue weighted by atomic mass is 16.6. The quantitative estimate of drug-likeness (QED) is 0.335. The van der Waals surface area contributed by atoms with Crippen molar-refractivity contribution in [3.8, 4) is 0 Å². The molecule has 1 aliphatic heterocycles. The molecule has 0 aromatic carbocycles. The first kappa shape index (κ1) is 10.5. The van der Waals surface area contributed by atoms with Crippen molar-refractivity contribution >= 4 is 7.85 Å². The van der Waals surface area contributed by atoms with Crippen LogP contribution in [0.1, 0.15) is 0 Å². The SMILES string of the molecule is B[C@@H]1O[C@H](CO)C(O)C1(O)C=C=C. The maximum absolute atomic E-state index is 9.89. The minimum atomic E-state index is -1.49. The Labute approximate surface area is 77.6 Å². The second-order valence-corrected chi connectivity index (χ2v) is 3.18. The molecule has 2 unspecified atom stereocenters. The van der Waals surface area contributed by atoms with E-state index in [9.17, 15) is 10.2 Å². The number of aliphatic hydroxyl groups is 3. The average Bonchev–Trinajstić information content (AvgIpc) is 2.31. The first-order valence-electron chi connectivity index (χ1n) is 4.10. The van der Waals surface area contributed by atoms with Crippen LogP contribution in [0.2, 0.25) is 0 Å². The van der Waals surface area contributed by atoms with Gasteiger partial charge in [0.1, 0.15) is 25.7 Å². The largest absolute Gasteiger partial charge is 0.394 e. The van der Waals surface area contributed by atoms with Crippen molar-refractivity contribution in [1.29, 1.82) is 0 Å². The van der Waals surface area contributed by atoms with Crippen LogP contribution in [0.5, 0.6) is 0 Å². The number of hydrogen-bond acceptors (Lipinski definition) is 4. The molecule has 1 saturated heterocycles. The lowest BCUT2D eigenvalue weighted by molar-refractivity contribution is -0.0285. The summed E-state index contributed by atoms with van der Waals surface area (Å²) in [5, 5.41) is 28.3. The van der Waals surface area contributed by atoms with E-state index in [0.29, 0.717) is 0 Å². The van der Waals surface area contributed by atoms with Gasteiger partial charge < -0.3 is 20.1 Å². The Morgan fingerprint density at radius 3 is 2.69 bits per heavy atom. The first-order valence-corrected chi connectivity index (χ1v) is 4.10. The van der Waals surface area contributed by atoms with Gasteiger partial charge in [-0.25, -0.2) is 0 Å². The van der Waals surface area contributed by atoms with E-state index in [2.05, 4.69) is 12.3 Å². The Balaban J connectivity index is 2.91. The zero-order chi connectivity index (χ0) is 10.1. The fraction of sp³-hybridized carbons (Fsp3) is 0.625. The van der Waals surface area contributed by atoms with Crippen molar-refractivity contribution in [1.82, 2.24) is 0 Å². The molecule has 4 atom stereocenters. The molecule has 0 aliphatic carbocycles. The van der Waals surface area contributed by atoms with Gasteiger partial charge in [-0.05, 0) is 6.08 Å². The van der Waals surface area contributed by atoms with Crippen molar-refractivity contribution < 1.29 is 20.1 Å². The summed E-state index contributed by atoms with van der Waals surface area (Å²) in [5.74, 6) is 0. The van der Waals surface area contributed by atoms with Gasteiger partial charge in [-0.1, -0.05) is 6.58 Å². The summed E-state index contributed by atoms with van der Waals surface area (Å²) in [6, 6.07) is -0.575. The van der Waals surface area contributed by atoms with Crippen molar-refractivity contribution in [3.63, 3.8) is 0 Å². The van der Waals surface area contributed by atoms with Crippen LogP contribution in [0, 0.1) is 0 Å². The van der Waals surface area contributed by atoms with Gasteiger partial charge in [0, 0.05) is 0 Å². The number of aliphatic hydroxyl groups excluding tert-OH is 2. The van der Waals surface area contributed by atoms with E-state index in [1.165, 1.54) is 6.08 Å². The molecule has 0 amide bonds. The predicted molar refractivity (Wildman–Crippen MR) is 49.0 cm³/mol. The first-order chi connectivity index (χ1) is 6.06. The molecule has 4 nitrogen and oxygen atoms in total. The van der Waals surface area contributed by atoms with Crippen LogP contribution in [-0.2, 0) is 4.74 Å². The Bertz CT molecular complexity index is 238. The summed E-state index contributed by atoms with van der Waals surface area (Å²) in [4.78, 5) is 0. The average molecular weight is 184 g/mol. The molecule has 0 aromatic heterocycles. The van der Waals surface area contributed by atoms with Crippen LogP contribution in [-0.4, -0.2) is 53.6 Å². The molecule has 1 fully saturated rings. The van der Waals surface area contributed by atoms with E-state index < -0.39 is 23.8 Å². The van der Waals surface area contributed by atoms with E-state index in [1.807, 2.05) is 0 Å². The number of ether oxygens (including phenoxy) is 1. The lowest BCUT2D eigenvalue weighted by Gasteiger charge is -2.24. The van der Waals surface area contributed by atoms with E-state index in [1.54, 1.807) is 7.85 Å². The second-order valence-electron chi connectivity index (χ2n) is 3.18. The van der Waals surface area contributed by atoms with E-state index in [4.69, 9.17) is 9.84 Å². The molecule has 0 saturated carbocycles. The molecule has 5 heteroatoms. The molecule has 0 bridgehead atoms. The van der Waals surface area contributed by atoms with E-state index >= 15 is 0 Å². The zero-order valence-electron chi connectivity index (χ0n) is 7.47. The molecule has 0 radical (unpaired) electrons. The van der Waals surface area contributed by atoms with E-state index in [0.717, 1.165) is 0 Å². The normalized spacial score (nSPS) is 44.4. The Hall–Kier alpha value is -0.575. The van der Waals surface area contributed by atoms with E-state index in [-0.39, 0.29) is 6.61 Å². The van der Waals surface area contributed by atoms with Gasteiger partial charge in [-0.3, -0.25) is 0 Å². The van der Waals surface area contributed by atoms with Gasteiger partial charge in [0.25, 0.3) is 0 Å². The summed E-state index contributed by atoms with van der Waals surface area (Å²) in [7, 11) is 1.62. The third-order valence-corrected chi connectivity index (χ3v) is 2.37. The third-order valence-electron chi connectivity index (χ3n) is 2.37. The zero-order valence-corrected chi connectivity index (χ0v) is 7.47. The van der Waals surface area contributed by atoms with Crippen molar-refractivity contribution in [3.05, 3.63) is 18.4 Å². The summed E-state index contributed by atoms with van der Waals surface area (Å²) >= 11 is 0. The number of hydrogen-bond donors (Lipinski definition) is 3. The van der Waals surface area contributed by atoms with Gasteiger partial charge in [0.05, 0.1) is 12.6 Å². The topological polar surface area (TPSA) is 69.9 Å². The van der Waals surface area contributed by atoms with Gasteiger partial charge in [0.15, 0.2) is 0 Å². The van der Waals surface area contributed by atoms with Crippen LogP contribution in [0.3, 0.4) is 0 Å². The van der Waals surface area contributed by atoms with Crippen LogP contribution < -0.4 is 0 Å². The molecule has 1 aliphatic rings. The minimum Gasteiger partial charge on any atom is -0.394 e. The molecule has 0 aromatic rings. The smallest absolute Gasteiger partial charge is 0.143 e. The molecule has 0 spiro atoms. The Kier molecular flexibility index (Phi) is 2.96. The van der Waals surface area contributed by atoms with Crippen molar-refractivity contribution in [2.75, 3.05) is 6.61 Å². The number of rotatable bonds is 2. The highest BCUT2D eigenvalue weighted by Crippen LogP contribution is 2.30. The minimum absolute atomic E-state index is 0.321. The van der Waals surface area contributed by atoms with Gasteiger partial charge in [-0.15, -0.1) is 5.73 Å². The fourth-order valence-electron chi connectivity index (χ4n) is 1.49. The summed E-state index contributed by atoms with van der Waals surface area (Å²) in [6.07, 6.45) is -0.621. The Morgan fingerprint density at radius 2 is 2.31 bits per heavy atom. The van der Waals surface area contributed by atoms with Crippen molar-refractivity contribution in [2.24, 2.45) is 0 Å². The van der Waals surface area contributed by atoms with Crippen LogP contribution in [0.15, 0.2) is 18.4 Å². The lowest BCUT2D eigenvalue weighted by atomic mass is 9.80. The highest BCUT2D eigenvalue weighted by molar-refractivity contribution is 6.12. The van der Waals surface area contributed by atoms with Crippen LogP contribution in [0.4, 0.5) is 0 Å². The summed E-state index contributed by atoms with van der Waals surface area (Å²) in [6.45, 7) is 3.00. The fourth-order valence-corrected chi connectivity index (χ4v) is 1.49. The van der Waals surface area contributed by atoms with Gasteiger partial charge in [-0.2, -0.15) is 0 Å². The summed E-state index contributed by atoms with van der Waals surface area (Å²) < 4.78 is 5.14. The molecular weight excluding hydrogens is 171 g/mol. The molecule has 3 N–H and O–H groups in total. The Morgan fingerprint density at radius 1 is 1.69 bits per heavy atom. The third kappa shape index (κ3) is 1.57. The second kappa shape index (κ2) is 3.66. The molecule has 72 valence electrons. The molecule has 13 heavy (non-hydrogen) atoms. The predicted octanol–water partition coefficient (Wildman–Crippen LogP) is -2.23. The highest BCUT2D eigenvalue weighted by Gasteiger charge is 2.51.